The smallest absolute Gasteiger partial charge is 0.306 e. The summed E-state index contributed by atoms with van der Waals surface area (Å²) in [6.07, 6.45) is 6.05. The van der Waals surface area contributed by atoms with Gasteiger partial charge in [0.05, 0.1) is 18.4 Å². The van der Waals surface area contributed by atoms with E-state index in [-0.39, 0.29) is 11.9 Å². The van der Waals surface area contributed by atoms with Crippen molar-refractivity contribution in [1.82, 2.24) is 15.0 Å². The third kappa shape index (κ3) is 3.68. The van der Waals surface area contributed by atoms with E-state index in [9.17, 15) is 9.90 Å². The molecule has 1 aliphatic rings. The van der Waals surface area contributed by atoms with E-state index in [2.05, 4.69) is 19.9 Å². The summed E-state index contributed by atoms with van der Waals surface area (Å²) < 4.78 is 11.3. The van der Waals surface area contributed by atoms with E-state index in [1.165, 1.54) is 0 Å². The molecule has 32 heavy (non-hydrogen) atoms. The van der Waals surface area contributed by atoms with Crippen molar-refractivity contribution in [2.75, 3.05) is 23.7 Å². The molecule has 0 aliphatic carbocycles. The normalized spacial score (nSPS) is 14.6. The lowest BCUT2D eigenvalue weighted by Crippen LogP contribution is -2.36. The number of anilines is 2. The second kappa shape index (κ2) is 8.18. The molecule has 0 atom stereocenters. The first kappa shape index (κ1) is 19.8. The molecule has 0 radical (unpaired) electrons. The Hall–Kier alpha value is -4.14. The van der Waals surface area contributed by atoms with Crippen LogP contribution in [0.4, 0.5) is 11.8 Å². The van der Waals surface area contributed by atoms with Gasteiger partial charge in [-0.05, 0) is 54.8 Å². The highest BCUT2D eigenvalue weighted by Crippen LogP contribution is 2.39. The minimum Gasteiger partial charge on any atom is -0.481 e. The van der Waals surface area contributed by atoms with Gasteiger partial charge in [0.2, 0.25) is 5.95 Å². The van der Waals surface area contributed by atoms with Crippen molar-refractivity contribution in [3.05, 3.63) is 55.1 Å². The summed E-state index contributed by atoms with van der Waals surface area (Å²) in [6.45, 7) is 1.25. The number of hydrogen-bond acceptors (Lipinski definition) is 8. The van der Waals surface area contributed by atoms with Gasteiger partial charge in [-0.15, -0.1) is 0 Å². The zero-order valence-corrected chi connectivity index (χ0v) is 17.1. The number of nitrogens with zero attached hydrogens (tertiary/aromatic N) is 4. The number of carboxylic acids is 1. The van der Waals surface area contributed by atoms with Gasteiger partial charge >= 0.3 is 5.97 Å². The number of piperidine rings is 1. The molecule has 1 fully saturated rings. The molecule has 5 rings (SSSR count). The van der Waals surface area contributed by atoms with Crippen LogP contribution in [0.3, 0.4) is 0 Å². The molecule has 0 unspecified atom stereocenters. The number of furan rings is 2. The first-order valence-electron chi connectivity index (χ1n) is 10.3. The molecule has 9 nitrogen and oxygen atoms in total. The second-order valence-corrected chi connectivity index (χ2v) is 7.61. The maximum Gasteiger partial charge on any atom is 0.306 e. The Kier molecular flexibility index (Phi) is 5.06. The molecule has 0 spiro atoms. The van der Waals surface area contributed by atoms with E-state index in [1.54, 1.807) is 30.9 Å². The van der Waals surface area contributed by atoms with Crippen molar-refractivity contribution in [2.24, 2.45) is 5.92 Å². The lowest BCUT2D eigenvalue weighted by atomic mass is 9.96. The summed E-state index contributed by atoms with van der Waals surface area (Å²) in [4.78, 5) is 26.8. The number of carboxylic acid groups (broad SMARTS) is 1. The third-order valence-corrected chi connectivity index (χ3v) is 5.64. The topological polar surface area (TPSA) is 132 Å². The van der Waals surface area contributed by atoms with E-state index in [1.807, 2.05) is 24.3 Å². The zero-order chi connectivity index (χ0) is 22.1. The van der Waals surface area contributed by atoms with Crippen molar-refractivity contribution in [3.63, 3.8) is 0 Å². The molecule has 0 aromatic carbocycles. The highest BCUT2D eigenvalue weighted by Gasteiger charge is 2.26. The Morgan fingerprint density at radius 2 is 1.66 bits per heavy atom. The molecule has 0 saturated carbocycles. The SMILES string of the molecule is Nc1nc(-c2ccco2)c(-c2ccnc(N3CCC(C(=O)O)CC3)c2)c(-c2ccco2)n1. The van der Waals surface area contributed by atoms with Crippen LogP contribution in [0, 0.1) is 5.92 Å². The molecule has 0 bridgehead atoms. The summed E-state index contributed by atoms with van der Waals surface area (Å²) >= 11 is 0. The number of rotatable bonds is 5. The fraction of sp³-hybridized carbons (Fsp3) is 0.217. The summed E-state index contributed by atoms with van der Waals surface area (Å²) in [5.41, 5.74) is 8.67. The number of pyridine rings is 1. The molecule has 0 amide bonds. The predicted molar refractivity (Wildman–Crippen MR) is 118 cm³/mol. The number of hydrogen-bond donors (Lipinski definition) is 2. The van der Waals surface area contributed by atoms with E-state index in [0.717, 1.165) is 11.4 Å². The number of aliphatic carboxylic acids is 1. The molecular weight excluding hydrogens is 410 g/mol. The molecule has 4 aromatic rings. The van der Waals surface area contributed by atoms with Crippen molar-refractivity contribution < 1.29 is 18.7 Å². The van der Waals surface area contributed by atoms with Crippen LogP contribution in [0.25, 0.3) is 34.0 Å². The average molecular weight is 431 g/mol. The van der Waals surface area contributed by atoms with Crippen molar-refractivity contribution in [3.8, 4) is 34.0 Å². The molecule has 5 heterocycles. The van der Waals surface area contributed by atoms with E-state index in [4.69, 9.17) is 14.6 Å². The van der Waals surface area contributed by atoms with Crippen LogP contribution >= 0.6 is 0 Å². The summed E-state index contributed by atoms with van der Waals surface area (Å²) in [5, 5.41) is 9.28. The van der Waals surface area contributed by atoms with Crippen molar-refractivity contribution in [2.45, 2.75) is 12.8 Å². The van der Waals surface area contributed by atoms with Crippen LogP contribution in [0.15, 0.2) is 64.0 Å². The summed E-state index contributed by atoms with van der Waals surface area (Å²) in [6, 6.07) is 11.0. The predicted octanol–water partition coefficient (Wildman–Crippen LogP) is 3.94. The van der Waals surface area contributed by atoms with Gasteiger partial charge in [-0.25, -0.2) is 15.0 Å². The fourth-order valence-corrected chi connectivity index (χ4v) is 4.04. The molecular formula is C23H21N5O4. The van der Waals surface area contributed by atoms with Crippen LogP contribution in [0.5, 0.6) is 0 Å². The molecule has 4 aromatic heterocycles. The maximum atomic E-state index is 11.3. The zero-order valence-electron chi connectivity index (χ0n) is 17.1. The molecule has 1 aliphatic heterocycles. The van der Waals surface area contributed by atoms with Gasteiger partial charge in [0.15, 0.2) is 11.5 Å². The second-order valence-electron chi connectivity index (χ2n) is 7.61. The molecule has 162 valence electrons. The Labute approximate surface area is 183 Å². The van der Waals surface area contributed by atoms with Crippen LogP contribution in [0.2, 0.25) is 0 Å². The Bertz CT molecular complexity index is 1170. The van der Waals surface area contributed by atoms with Gasteiger partial charge in [-0.1, -0.05) is 0 Å². The van der Waals surface area contributed by atoms with Crippen LogP contribution in [-0.4, -0.2) is 39.1 Å². The minimum absolute atomic E-state index is 0.108. The quantitative estimate of drug-likeness (QED) is 0.482. The minimum atomic E-state index is -0.739. The number of nitrogen functional groups attached to an aromatic ring is 1. The number of aromatic nitrogens is 3. The fourth-order valence-electron chi connectivity index (χ4n) is 4.04. The van der Waals surface area contributed by atoms with Crippen molar-refractivity contribution in [1.29, 1.82) is 0 Å². The van der Waals surface area contributed by atoms with Gasteiger partial charge in [0.25, 0.3) is 0 Å². The Balaban J connectivity index is 1.61. The van der Waals surface area contributed by atoms with Gasteiger partial charge in [-0.3, -0.25) is 4.79 Å². The highest BCUT2D eigenvalue weighted by atomic mass is 16.4. The van der Waals surface area contributed by atoms with Crippen LogP contribution < -0.4 is 10.6 Å². The van der Waals surface area contributed by atoms with Gasteiger partial charge in [0.1, 0.15) is 17.2 Å². The monoisotopic (exact) mass is 431 g/mol. The summed E-state index contributed by atoms with van der Waals surface area (Å²) in [5.74, 6) is 0.938. The first-order chi connectivity index (χ1) is 15.6. The molecule has 3 N–H and O–H groups in total. The first-order valence-corrected chi connectivity index (χ1v) is 10.3. The largest absolute Gasteiger partial charge is 0.481 e. The standard InChI is InChI=1S/C23H21N5O4/c24-23-26-20(16-3-1-11-31-16)19(21(27-23)17-4-2-12-32-17)15-5-8-25-18(13-15)28-9-6-14(7-10-28)22(29)30/h1-5,8,11-14H,6-7,9-10H2,(H,29,30)(H2,24,26,27). The Morgan fingerprint density at radius 1 is 1.03 bits per heavy atom. The van der Waals surface area contributed by atoms with Crippen molar-refractivity contribution >= 4 is 17.7 Å². The van der Waals surface area contributed by atoms with E-state index in [0.29, 0.717) is 54.4 Å². The van der Waals surface area contributed by atoms with E-state index < -0.39 is 5.97 Å². The lowest BCUT2D eigenvalue weighted by molar-refractivity contribution is -0.142. The highest BCUT2D eigenvalue weighted by molar-refractivity contribution is 5.89. The molecule has 1 saturated heterocycles. The van der Waals surface area contributed by atoms with Crippen LogP contribution in [-0.2, 0) is 4.79 Å². The van der Waals surface area contributed by atoms with Gasteiger partial charge in [-0.2, -0.15) is 0 Å². The van der Waals surface area contributed by atoms with Gasteiger partial charge < -0.3 is 24.6 Å². The average Bonchev–Trinajstić information content (AvgIpc) is 3.53. The summed E-state index contributed by atoms with van der Waals surface area (Å²) in [7, 11) is 0. The molecule has 9 heteroatoms. The van der Waals surface area contributed by atoms with Gasteiger partial charge in [0, 0.05) is 24.8 Å². The van der Waals surface area contributed by atoms with E-state index >= 15 is 0 Å². The number of carbonyl (C=O) groups is 1. The lowest BCUT2D eigenvalue weighted by Gasteiger charge is -2.31. The Morgan fingerprint density at radius 3 is 2.19 bits per heavy atom. The number of nitrogens with two attached hydrogens (primary N) is 1. The maximum absolute atomic E-state index is 11.3. The third-order valence-electron chi connectivity index (χ3n) is 5.64. The van der Waals surface area contributed by atoms with Crippen LogP contribution in [0.1, 0.15) is 12.8 Å².